The van der Waals surface area contributed by atoms with Gasteiger partial charge in [0.1, 0.15) is 11.8 Å². The van der Waals surface area contributed by atoms with Crippen molar-refractivity contribution in [1.29, 1.82) is 0 Å². The van der Waals surface area contributed by atoms with Crippen LogP contribution in [0.5, 0.6) is 0 Å². The molecule has 86 valence electrons. The maximum Gasteiger partial charge on any atom is 0.165 e. The van der Waals surface area contributed by atoms with Crippen LogP contribution in [0.4, 0.5) is 5.82 Å². The molecule has 1 atom stereocenters. The van der Waals surface area contributed by atoms with Crippen LogP contribution in [0.15, 0.2) is 12.7 Å². The Labute approximate surface area is 94.0 Å². The molecule has 2 aromatic heterocycles. The Balaban J connectivity index is 2.19. The molecule has 0 saturated heterocycles. The van der Waals surface area contributed by atoms with E-state index in [-0.39, 0.29) is 5.75 Å². The van der Waals surface area contributed by atoms with Gasteiger partial charge in [-0.25, -0.2) is 19.2 Å². The van der Waals surface area contributed by atoms with Gasteiger partial charge in [-0.3, -0.25) is 0 Å². The summed E-state index contributed by atoms with van der Waals surface area (Å²) in [4.78, 5) is 12.0. The number of nitrogen functional groups attached to an aromatic ring is 1. The zero-order valence-corrected chi connectivity index (χ0v) is 9.22. The van der Waals surface area contributed by atoms with Crippen LogP contribution in [0.3, 0.4) is 0 Å². The molecule has 0 aromatic carbocycles. The van der Waals surface area contributed by atoms with Crippen molar-refractivity contribution in [3.63, 3.8) is 0 Å². The minimum atomic E-state index is -1.76. The molecule has 1 unspecified atom stereocenters. The molecule has 0 amide bonds. The molecule has 0 saturated carbocycles. The van der Waals surface area contributed by atoms with Crippen LogP contribution < -0.4 is 5.73 Å². The summed E-state index contributed by atoms with van der Waals surface area (Å²) in [6.45, 7) is 0.583. The molecule has 0 spiro atoms. The van der Waals surface area contributed by atoms with Crippen molar-refractivity contribution in [2.45, 2.75) is 13.0 Å². The van der Waals surface area contributed by atoms with E-state index in [1.165, 1.54) is 6.33 Å². The minimum Gasteiger partial charge on any atom is -0.382 e. The Bertz CT molecular complexity index is 526. The largest absolute Gasteiger partial charge is 0.382 e. The normalized spacial score (nSPS) is 13.1. The van der Waals surface area contributed by atoms with Gasteiger partial charge in [0.2, 0.25) is 0 Å². The average molecular weight is 241 g/mol. The molecule has 8 heteroatoms. The van der Waals surface area contributed by atoms with E-state index in [4.69, 9.17) is 10.3 Å². The summed E-state index contributed by atoms with van der Waals surface area (Å²) in [7, 11) is 0. The first-order valence-corrected chi connectivity index (χ1v) is 5.95. The number of imidazole rings is 1. The fourth-order valence-corrected chi connectivity index (χ4v) is 1.80. The summed E-state index contributed by atoms with van der Waals surface area (Å²) in [6.07, 6.45) is 3.56. The molecule has 0 aliphatic carbocycles. The second-order valence-corrected chi connectivity index (χ2v) is 4.30. The monoisotopic (exact) mass is 241 g/mol. The molecular formula is C8H11N5O2S. The number of rotatable bonds is 4. The molecule has 16 heavy (non-hydrogen) atoms. The number of hydrogen-bond donors (Lipinski definition) is 2. The summed E-state index contributed by atoms with van der Waals surface area (Å²) >= 11 is -1.76. The quantitative estimate of drug-likeness (QED) is 0.731. The van der Waals surface area contributed by atoms with Crippen molar-refractivity contribution in [3.8, 4) is 0 Å². The van der Waals surface area contributed by atoms with Crippen LogP contribution in [-0.4, -0.2) is 34.0 Å². The van der Waals surface area contributed by atoms with Gasteiger partial charge in [0.15, 0.2) is 22.5 Å². The fraction of sp³-hybridized carbons (Fsp3) is 0.375. The molecule has 2 rings (SSSR count). The first-order valence-electron chi connectivity index (χ1n) is 4.67. The van der Waals surface area contributed by atoms with Gasteiger partial charge in [-0.15, -0.1) is 0 Å². The van der Waals surface area contributed by atoms with Crippen molar-refractivity contribution < 1.29 is 8.76 Å². The van der Waals surface area contributed by atoms with Crippen LogP contribution in [0.2, 0.25) is 0 Å². The highest BCUT2D eigenvalue weighted by atomic mass is 32.2. The number of nitrogens with two attached hydrogens (primary N) is 1. The predicted molar refractivity (Wildman–Crippen MR) is 60.0 cm³/mol. The van der Waals surface area contributed by atoms with E-state index in [9.17, 15) is 4.21 Å². The number of hydrogen-bond acceptors (Lipinski definition) is 5. The standard InChI is InChI=1S/C8H11N5O2S/c9-7-6-8(11-4-10-7)13(5-12-6)2-1-3-16(14)15/h4-5H,1-3H2,(H,14,15)(H2,9,10,11). The Morgan fingerprint density at radius 3 is 3.00 bits per heavy atom. The molecule has 0 bridgehead atoms. The molecule has 2 heterocycles. The van der Waals surface area contributed by atoms with Gasteiger partial charge in [0.25, 0.3) is 0 Å². The molecular weight excluding hydrogens is 230 g/mol. The smallest absolute Gasteiger partial charge is 0.165 e. The molecule has 0 radical (unpaired) electrons. The lowest BCUT2D eigenvalue weighted by atomic mass is 10.4. The summed E-state index contributed by atoms with van der Waals surface area (Å²) in [6, 6.07) is 0. The number of aromatic nitrogens is 4. The van der Waals surface area contributed by atoms with Gasteiger partial charge in [-0.2, -0.15) is 0 Å². The van der Waals surface area contributed by atoms with E-state index < -0.39 is 11.1 Å². The Hall–Kier alpha value is -1.54. The lowest BCUT2D eigenvalue weighted by molar-refractivity contribution is 0.557. The van der Waals surface area contributed by atoms with Gasteiger partial charge < -0.3 is 14.9 Å². The third-order valence-corrected chi connectivity index (χ3v) is 2.79. The van der Waals surface area contributed by atoms with Crippen molar-refractivity contribution in [3.05, 3.63) is 12.7 Å². The van der Waals surface area contributed by atoms with Crippen LogP contribution in [0.25, 0.3) is 11.2 Å². The highest BCUT2D eigenvalue weighted by Crippen LogP contribution is 2.14. The second kappa shape index (κ2) is 4.54. The average Bonchev–Trinajstić information content (AvgIpc) is 2.63. The lowest BCUT2D eigenvalue weighted by Crippen LogP contribution is -2.03. The molecule has 3 N–H and O–H groups in total. The number of anilines is 1. The van der Waals surface area contributed by atoms with E-state index in [1.807, 2.05) is 0 Å². The van der Waals surface area contributed by atoms with Gasteiger partial charge in [-0.05, 0) is 6.42 Å². The first kappa shape index (κ1) is 11.0. The van der Waals surface area contributed by atoms with Crippen LogP contribution in [0, 0.1) is 0 Å². The van der Waals surface area contributed by atoms with E-state index in [0.29, 0.717) is 29.9 Å². The zero-order chi connectivity index (χ0) is 11.5. The van der Waals surface area contributed by atoms with E-state index >= 15 is 0 Å². The van der Waals surface area contributed by atoms with Crippen molar-refractivity contribution in [1.82, 2.24) is 19.5 Å². The minimum absolute atomic E-state index is 0.236. The van der Waals surface area contributed by atoms with Crippen molar-refractivity contribution >= 4 is 28.1 Å². The maximum atomic E-state index is 10.5. The third kappa shape index (κ3) is 2.17. The van der Waals surface area contributed by atoms with Crippen LogP contribution in [-0.2, 0) is 17.6 Å². The topological polar surface area (TPSA) is 107 Å². The SMILES string of the molecule is Nc1ncnc2c1ncn2CCCS(=O)O. The summed E-state index contributed by atoms with van der Waals surface area (Å²) < 4.78 is 20.9. The summed E-state index contributed by atoms with van der Waals surface area (Å²) in [5.74, 6) is 0.578. The summed E-state index contributed by atoms with van der Waals surface area (Å²) in [5, 5.41) is 0. The van der Waals surface area contributed by atoms with E-state index in [0.717, 1.165) is 0 Å². The van der Waals surface area contributed by atoms with Crippen molar-refractivity contribution in [2.24, 2.45) is 0 Å². The van der Waals surface area contributed by atoms with Gasteiger partial charge >= 0.3 is 0 Å². The third-order valence-electron chi connectivity index (χ3n) is 2.15. The Morgan fingerprint density at radius 1 is 1.44 bits per heavy atom. The van der Waals surface area contributed by atoms with Gasteiger partial charge in [0, 0.05) is 6.54 Å². The molecule has 0 aliphatic heterocycles. The zero-order valence-electron chi connectivity index (χ0n) is 8.41. The number of nitrogens with zero attached hydrogens (tertiary/aromatic N) is 4. The second-order valence-electron chi connectivity index (χ2n) is 3.25. The molecule has 7 nitrogen and oxygen atoms in total. The fourth-order valence-electron chi connectivity index (χ4n) is 1.42. The maximum absolute atomic E-state index is 10.5. The van der Waals surface area contributed by atoms with Gasteiger partial charge in [-0.1, -0.05) is 0 Å². The highest BCUT2D eigenvalue weighted by molar-refractivity contribution is 7.79. The highest BCUT2D eigenvalue weighted by Gasteiger charge is 2.07. The number of aryl methyl sites for hydroxylation is 1. The molecule has 0 fully saturated rings. The molecule has 0 aliphatic rings. The Kier molecular flexibility index (Phi) is 3.11. The summed E-state index contributed by atoms with van der Waals surface area (Å²) in [5.41, 5.74) is 6.84. The van der Waals surface area contributed by atoms with E-state index in [2.05, 4.69) is 15.0 Å². The van der Waals surface area contributed by atoms with Gasteiger partial charge in [0.05, 0.1) is 12.1 Å². The van der Waals surface area contributed by atoms with Crippen LogP contribution >= 0.6 is 0 Å². The van der Waals surface area contributed by atoms with Crippen LogP contribution in [0.1, 0.15) is 6.42 Å². The van der Waals surface area contributed by atoms with Crippen molar-refractivity contribution in [2.75, 3.05) is 11.5 Å². The molecule has 2 aromatic rings. The Morgan fingerprint density at radius 2 is 2.25 bits per heavy atom. The number of fused-ring (bicyclic) bond motifs is 1. The predicted octanol–water partition coefficient (Wildman–Crippen LogP) is 0.0203. The van der Waals surface area contributed by atoms with E-state index in [1.54, 1.807) is 10.9 Å². The lowest BCUT2D eigenvalue weighted by Gasteiger charge is -2.01. The first-order chi connectivity index (χ1) is 7.68.